The van der Waals surface area contributed by atoms with E-state index < -0.39 is 0 Å². The number of hydrogen-bond donors (Lipinski definition) is 1. The highest BCUT2D eigenvalue weighted by Crippen LogP contribution is 2.69. The molecule has 3 saturated carbocycles. The second-order valence-corrected chi connectivity index (χ2v) is 7.75. The van der Waals surface area contributed by atoms with Crippen LogP contribution in [0.1, 0.15) is 47.0 Å². The Morgan fingerprint density at radius 1 is 1.19 bits per heavy atom. The van der Waals surface area contributed by atoms with Crippen LogP contribution in [-0.4, -0.2) is 11.7 Å². The van der Waals surface area contributed by atoms with Crippen molar-refractivity contribution in [1.29, 1.82) is 0 Å². The molecule has 0 spiro atoms. The smallest absolute Gasteiger partial charge is 0.0487 e. The monoisotopic (exact) mass is 222 g/mol. The predicted octanol–water partition coefficient (Wildman–Crippen LogP) is 3.32. The van der Waals surface area contributed by atoms with Crippen molar-refractivity contribution in [2.75, 3.05) is 6.61 Å². The van der Waals surface area contributed by atoms with Gasteiger partial charge in [0.25, 0.3) is 0 Å². The molecule has 0 saturated heterocycles. The van der Waals surface area contributed by atoms with Crippen LogP contribution in [0.4, 0.5) is 0 Å². The second-order valence-electron chi connectivity index (χ2n) is 7.75. The van der Waals surface area contributed by atoms with Gasteiger partial charge in [0.1, 0.15) is 0 Å². The van der Waals surface area contributed by atoms with Crippen LogP contribution in [0.3, 0.4) is 0 Å². The highest BCUT2D eigenvalue weighted by atomic mass is 16.3. The zero-order valence-corrected chi connectivity index (χ0v) is 11.2. The quantitative estimate of drug-likeness (QED) is 0.776. The lowest BCUT2D eigenvalue weighted by molar-refractivity contribution is 0.115. The third kappa shape index (κ3) is 1.33. The lowest BCUT2D eigenvalue weighted by atomic mass is 9.69. The van der Waals surface area contributed by atoms with Gasteiger partial charge >= 0.3 is 0 Å². The summed E-state index contributed by atoms with van der Waals surface area (Å²) in [6, 6.07) is 0. The van der Waals surface area contributed by atoms with Gasteiger partial charge in [0.15, 0.2) is 0 Å². The van der Waals surface area contributed by atoms with Crippen LogP contribution < -0.4 is 0 Å². The largest absolute Gasteiger partial charge is 0.396 e. The molecule has 0 aromatic carbocycles. The van der Waals surface area contributed by atoms with Crippen molar-refractivity contribution >= 4 is 0 Å². The summed E-state index contributed by atoms with van der Waals surface area (Å²) >= 11 is 0. The van der Waals surface area contributed by atoms with Gasteiger partial charge < -0.3 is 5.11 Å². The molecule has 0 heterocycles. The molecule has 0 aromatic heterocycles. The van der Waals surface area contributed by atoms with Crippen LogP contribution in [0.2, 0.25) is 0 Å². The molecule has 4 unspecified atom stereocenters. The van der Waals surface area contributed by atoms with Crippen LogP contribution in [0, 0.1) is 40.4 Å². The zero-order chi connectivity index (χ0) is 11.7. The summed E-state index contributed by atoms with van der Waals surface area (Å²) in [5, 5.41) is 9.42. The maximum Gasteiger partial charge on any atom is 0.0487 e. The number of aliphatic hydroxyl groups excluding tert-OH is 1. The highest BCUT2D eigenvalue weighted by Gasteiger charge is 2.63. The SMILES string of the molecule is C[C@@H](C1CC2CC2C1(C)C)C1C[C@]1(C)CO. The molecule has 92 valence electrons. The van der Waals surface area contributed by atoms with E-state index in [1.807, 2.05) is 0 Å². The predicted molar refractivity (Wildman–Crippen MR) is 65.9 cm³/mol. The number of fused-ring (bicyclic) bond motifs is 1. The molecule has 0 aromatic rings. The summed E-state index contributed by atoms with van der Waals surface area (Å²) < 4.78 is 0. The molecule has 0 aliphatic heterocycles. The van der Waals surface area contributed by atoms with E-state index in [4.69, 9.17) is 0 Å². The van der Waals surface area contributed by atoms with Crippen LogP contribution in [0.15, 0.2) is 0 Å². The van der Waals surface area contributed by atoms with Gasteiger partial charge in [-0.2, -0.15) is 0 Å². The van der Waals surface area contributed by atoms with Crippen LogP contribution in [-0.2, 0) is 0 Å². The van der Waals surface area contributed by atoms with Crippen molar-refractivity contribution in [2.45, 2.75) is 47.0 Å². The third-order valence-corrected chi connectivity index (χ3v) is 6.44. The molecular weight excluding hydrogens is 196 g/mol. The van der Waals surface area contributed by atoms with Gasteiger partial charge in [-0.1, -0.05) is 27.7 Å². The van der Waals surface area contributed by atoms with Crippen molar-refractivity contribution < 1.29 is 5.11 Å². The highest BCUT2D eigenvalue weighted by molar-refractivity contribution is 5.11. The molecule has 3 fully saturated rings. The van der Waals surface area contributed by atoms with Gasteiger partial charge in [0.2, 0.25) is 0 Å². The maximum atomic E-state index is 9.42. The molecule has 16 heavy (non-hydrogen) atoms. The Morgan fingerprint density at radius 2 is 1.88 bits per heavy atom. The Balaban J connectivity index is 1.71. The topological polar surface area (TPSA) is 20.2 Å². The maximum absolute atomic E-state index is 9.42. The molecule has 3 aliphatic carbocycles. The number of rotatable bonds is 3. The van der Waals surface area contributed by atoms with E-state index in [2.05, 4.69) is 27.7 Å². The lowest BCUT2D eigenvalue weighted by Crippen LogP contribution is -2.30. The van der Waals surface area contributed by atoms with E-state index in [-0.39, 0.29) is 5.41 Å². The summed E-state index contributed by atoms with van der Waals surface area (Å²) in [4.78, 5) is 0. The average Bonchev–Trinajstić information content (AvgIpc) is 3.08. The summed E-state index contributed by atoms with van der Waals surface area (Å²) in [6.45, 7) is 10.1. The van der Waals surface area contributed by atoms with E-state index in [1.165, 1.54) is 19.3 Å². The van der Waals surface area contributed by atoms with Gasteiger partial charge in [-0.3, -0.25) is 0 Å². The average molecular weight is 222 g/mol. The fraction of sp³-hybridized carbons (Fsp3) is 1.00. The number of aliphatic hydroxyl groups is 1. The van der Waals surface area contributed by atoms with Crippen molar-refractivity contribution in [3.63, 3.8) is 0 Å². The van der Waals surface area contributed by atoms with E-state index in [0.717, 1.165) is 29.6 Å². The van der Waals surface area contributed by atoms with Crippen molar-refractivity contribution in [2.24, 2.45) is 40.4 Å². The molecule has 0 bridgehead atoms. The van der Waals surface area contributed by atoms with Crippen LogP contribution in [0.5, 0.6) is 0 Å². The standard InChI is InChI=1S/C15H26O/c1-9(13-7-15(13,4)8-16)11-5-10-6-12(10)14(11,2)3/h9-13,16H,5-8H2,1-4H3/t9-,10?,11?,12?,13?,15+/m0/s1. The first-order valence-electron chi connectivity index (χ1n) is 7.01. The van der Waals surface area contributed by atoms with Gasteiger partial charge in [0, 0.05) is 6.61 Å². The zero-order valence-electron chi connectivity index (χ0n) is 11.2. The molecule has 1 heteroatoms. The molecule has 0 amide bonds. The Bertz CT molecular complexity index is 309. The third-order valence-electron chi connectivity index (χ3n) is 6.44. The minimum absolute atomic E-state index is 0.266. The van der Waals surface area contributed by atoms with Gasteiger partial charge in [-0.05, 0) is 59.7 Å². The van der Waals surface area contributed by atoms with E-state index in [0.29, 0.717) is 12.0 Å². The van der Waals surface area contributed by atoms with E-state index >= 15 is 0 Å². The summed E-state index contributed by atoms with van der Waals surface area (Å²) in [6.07, 6.45) is 4.22. The minimum Gasteiger partial charge on any atom is -0.396 e. The van der Waals surface area contributed by atoms with Gasteiger partial charge in [-0.25, -0.2) is 0 Å². The molecule has 0 radical (unpaired) electrons. The van der Waals surface area contributed by atoms with Crippen LogP contribution >= 0.6 is 0 Å². The van der Waals surface area contributed by atoms with Gasteiger partial charge in [-0.15, -0.1) is 0 Å². The lowest BCUT2D eigenvalue weighted by Gasteiger charge is -2.36. The fourth-order valence-electron chi connectivity index (χ4n) is 4.94. The normalized spacial score (nSPS) is 54.6. The molecule has 3 rings (SSSR count). The first-order valence-corrected chi connectivity index (χ1v) is 7.01. The fourth-order valence-corrected chi connectivity index (χ4v) is 4.94. The Hall–Kier alpha value is -0.0400. The molecule has 6 atom stereocenters. The van der Waals surface area contributed by atoms with Crippen molar-refractivity contribution in [3.8, 4) is 0 Å². The molecule has 3 aliphatic rings. The molecule has 1 N–H and O–H groups in total. The Morgan fingerprint density at radius 3 is 2.31 bits per heavy atom. The number of hydrogen-bond acceptors (Lipinski definition) is 1. The van der Waals surface area contributed by atoms with E-state index in [9.17, 15) is 5.11 Å². The summed E-state index contributed by atoms with van der Waals surface area (Å²) in [5.41, 5.74) is 0.839. The molecule has 1 nitrogen and oxygen atoms in total. The van der Waals surface area contributed by atoms with Crippen LogP contribution in [0.25, 0.3) is 0 Å². The summed E-state index contributed by atoms with van der Waals surface area (Å²) in [5.74, 6) is 4.61. The van der Waals surface area contributed by atoms with Gasteiger partial charge in [0.05, 0.1) is 0 Å². The first-order chi connectivity index (χ1) is 7.40. The Labute approximate surface area is 99.6 Å². The first kappa shape index (κ1) is 11.1. The second kappa shape index (κ2) is 3.04. The Kier molecular flexibility index (Phi) is 2.11. The van der Waals surface area contributed by atoms with E-state index in [1.54, 1.807) is 0 Å². The van der Waals surface area contributed by atoms with Crippen molar-refractivity contribution in [1.82, 2.24) is 0 Å². The van der Waals surface area contributed by atoms with Crippen molar-refractivity contribution in [3.05, 3.63) is 0 Å². The minimum atomic E-state index is 0.266. The molecular formula is C15H26O. The summed E-state index contributed by atoms with van der Waals surface area (Å²) in [7, 11) is 0.